The number of nitrogens with zero attached hydrogens (tertiary/aromatic N) is 4. The highest BCUT2D eigenvalue weighted by Crippen LogP contribution is 2.21. The number of pyridine rings is 1. The van der Waals surface area contributed by atoms with Gasteiger partial charge in [0.25, 0.3) is 5.91 Å². The van der Waals surface area contributed by atoms with Crippen molar-refractivity contribution in [2.75, 3.05) is 0 Å². The lowest BCUT2D eigenvalue weighted by Gasteiger charge is -2.07. The monoisotopic (exact) mass is 459 g/mol. The Bertz CT molecular complexity index is 1250. The number of hydrogen-bond acceptors (Lipinski definition) is 3. The number of carbonyl (C=O) groups is 1. The molecule has 0 aliphatic carbocycles. The summed E-state index contributed by atoms with van der Waals surface area (Å²) in [7, 11) is 0. The van der Waals surface area contributed by atoms with E-state index in [1.165, 1.54) is 10.7 Å². The predicted octanol–water partition coefficient (Wildman–Crippen LogP) is 4.11. The van der Waals surface area contributed by atoms with Gasteiger partial charge in [0, 0.05) is 22.9 Å². The van der Waals surface area contributed by atoms with Crippen molar-refractivity contribution in [3.63, 3.8) is 0 Å². The third kappa shape index (κ3) is 3.65. The van der Waals surface area contributed by atoms with Gasteiger partial charge in [-0.1, -0.05) is 0 Å². The molecule has 0 saturated heterocycles. The second-order valence-corrected chi connectivity index (χ2v) is 7.50. The van der Waals surface area contributed by atoms with Crippen molar-refractivity contribution >= 4 is 27.5 Å². The second kappa shape index (κ2) is 7.40. The molecule has 6 nitrogen and oxygen atoms in total. The van der Waals surface area contributed by atoms with Crippen molar-refractivity contribution in [3.8, 4) is 5.69 Å². The van der Waals surface area contributed by atoms with Gasteiger partial charge in [0.1, 0.15) is 17.2 Å². The maximum Gasteiger partial charge on any atom is 0.255 e. The smallest absolute Gasteiger partial charge is 0.255 e. The van der Waals surface area contributed by atoms with E-state index in [4.69, 9.17) is 0 Å². The SMILES string of the molecule is Cc1nn(-c2ccc(F)cc2F)c(C)c1C(=O)NCc1cn2cc(Br)ccc2n1. The minimum atomic E-state index is -0.751. The third-order valence-corrected chi connectivity index (χ3v) is 5.02. The summed E-state index contributed by atoms with van der Waals surface area (Å²) in [5.74, 6) is -1.77. The van der Waals surface area contributed by atoms with Crippen molar-refractivity contribution in [3.05, 3.63) is 81.5 Å². The van der Waals surface area contributed by atoms with Crippen molar-refractivity contribution in [2.24, 2.45) is 0 Å². The summed E-state index contributed by atoms with van der Waals surface area (Å²) in [6.07, 6.45) is 3.71. The Hall–Kier alpha value is -3.07. The summed E-state index contributed by atoms with van der Waals surface area (Å²) in [6, 6.07) is 6.98. The lowest BCUT2D eigenvalue weighted by molar-refractivity contribution is 0.0949. The average Bonchev–Trinajstić information content (AvgIpc) is 3.19. The molecular weight excluding hydrogens is 444 g/mol. The van der Waals surface area contributed by atoms with E-state index in [1.807, 2.05) is 28.9 Å². The molecule has 0 bridgehead atoms. The lowest BCUT2D eigenvalue weighted by Crippen LogP contribution is -2.24. The Kier molecular flexibility index (Phi) is 4.91. The summed E-state index contributed by atoms with van der Waals surface area (Å²) in [6.45, 7) is 3.57. The number of imidazole rings is 1. The molecule has 0 spiro atoms. The number of aryl methyl sites for hydroxylation is 1. The molecule has 0 aliphatic rings. The second-order valence-electron chi connectivity index (χ2n) is 6.58. The molecule has 3 heterocycles. The quantitative estimate of drug-likeness (QED) is 0.499. The molecule has 0 aliphatic heterocycles. The fourth-order valence-electron chi connectivity index (χ4n) is 3.22. The van der Waals surface area contributed by atoms with Crippen LogP contribution < -0.4 is 5.32 Å². The molecule has 1 N–H and O–H groups in total. The van der Waals surface area contributed by atoms with Crippen LogP contribution >= 0.6 is 15.9 Å². The molecular formula is C20H16BrF2N5O. The number of fused-ring (bicyclic) bond motifs is 1. The highest BCUT2D eigenvalue weighted by atomic mass is 79.9. The summed E-state index contributed by atoms with van der Waals surface area (Å²) in [5.41, 5.74) is 2.80. The number of aromatic nitrogens is 4. The molecule has 4 aromatic rings. The Morgan fingerprint density at radius 1 is 1.17 bits per heavy atom. The Morgan fingerprint density at radius 3 is 2.72 bits per heavy atom. The Labute approximate surface area is 173 Å². The molecule has 0 radical (unpaired) electrons. The van der Waals surface area contributed by atoms with Gasteiger partial charge >= 0.3 is 0 Å². The molecule has 0 fully saturated rings. The van der Waals surface area contributed by atoms with Gasteiger partial charge in [-0.3, -0.25) is 4.79 Å². The van der Waals surface area contributed by atoms with Gasteiger partial charge in [0.2, 0.25) is 0 Å². The third-order valence-electron chi connectivity index (χ3n) is 4.55. The lowest BCUT2D eigenvalue weighted by atomic mass is 10.2. The average molecular weight is 460 g/mol. The molecule has 0 unspecified atom stereocenters. The zero-order chi connectivity index (χ0) is 20.7. The van der Waals surface area contributed by atoms with Crippen LogP contribution in [0.4, 0.5) is 8.78 Å². The first kappa shape index (κ1) is 19.3. The van der Waals surface area contributed by atoms with E-state index in [9.17, 15) is 13.6 Å². The van der Waals surface area contributed by atoms with Crippen LogP contribution in [0.15, 0.2) is 47.2 Å². The number of benzene rings is 1. The van der Waals surface area contributed by atoms with E-state index >= 15 is 0 Å². The van der Waals surface area contributed by atoms with Gasteiger partial charge in [-0.25, -0.2) is 18.4 Å². The minimum absolute atomic E-state index is 0.0805. The first-order valence-electron chi connectivity index (χ1n) is 8.76. The first-order chi connectivity index (χ1) is 13.8. The van der Waals surface area contributed by atoms with Crippen LogP contribution in [0, 0.1) is 25.5 Å². The molecule has 1 amide bonds. The van der Waals surface area contributed by atoms with Gasteiger partial charge < -0.3 is 9.72 Å². The van der Waals surface area contributed by atoms with E-state index in [-0.39, 0.29) is 18.1 Å². The van der Waals surface area contributed by atoms with E-state index in [0.29, 0.717) is 22.6 Å². The molecule has 3 aromatic heterocycles. The van der Waals surface area contributed by atoms with Crippen molar-refractivity contribution < 1.29 is 13.6 Å². The van der Waals surface area contributed by atoms with Crippen molar-refractivity contribution in [1.29, 1.82) is 0 Å². The van der Waals surface area contributed by atoms with Gasteiger partial charge in [-0.05, 0) is 54.0 Å². The molecule has 4 rings (SSSR count). The van der Waals surface area contributed by atoms with Gasteiger partial charge in [0.15, 0.2) is 5.82 Å². The van der Waals surface area contributed by atoms with Crippen molar-refractivity contribution in [1.82, 2.24) is 24.5 Å². The molecule has 0 atom stereocenters. The summed E-state index contributed by atoms with van der Waals surface area (Å²) < 4.78 is 31.4. The fourth-order valence-corrected chi connectivity index (χ4v) is 3.57. The molecule has 29 heavy (non-hydrogen) atoms. The van der Waals surface area contributed by atoms with Crippen LogP contribution in [0.2, 0.25) is 0 Å². The van der Waals surface area contributed by atoms with Gasteiger partial charge in [0.05, 0.1) is 29.2 Å². The topological polar surface area (TPSA) is 64.2 Å². The molecule has 0 saturated carbocycles. The van der Waals surface area contributed by atoms with Crippen LogP contribution in [0.25, 0.3) is 11.3 Å². The molecule has 148 valence electrons. The predicted molar refractivity (Wildman–Crippen MR) is 107 cm³/mol. The summed E-state index contributed by atoms with van der Waals surface area (Å²) in [5, 5.41) is 7.09. The number of hydrogen-bond donors (Lipinski definition) is 1. The van der Waals surface area contributed by atoms with Gasteiger partial charge in [-0.15, -0.1) is 0 Å². The van der Waals surface area contributed by atoms with Gasteiger partial charge in [-0.2, -0.15) is 5.10 Å². The van der Waals surface area contributed by atoms with Crippen LogP contribution in [-0.4, -0.2) is 25.1 Å². The zero-order valence-electron chi connectivity index (χ0n) is 15.6. The zero-order valence-corrected chi connectivity index (χ0v) is 17.2. The number of carbonyl (C=O) groups excluding carboxylic acids is 1. The maximum atomic E-state index is 14.1. The standard InChI is InChI=1S/C20H16BrF2N5O/c1-11-19(12(2)28(26-11)17-5-4-14(22)7-16(17)23)20(29)24-8-15-10-27-9-13(21)3-6-18(27)25-15/h3-7,9-10H,8H2,1-2H3,(H,24,29). The first-order valence-corrected chi connectivity index (χ1v) is 9.56. The number of rotatable bonds is 4. The summed E-state index contributed by atoms with van der Waals surface area (Å²) >= 11 is 3.41. The molecule has 1 aromatic carbocycles. The van der Waals surface area contributed by atoms with E-state index in [2.05, 4.69) is 31.3 Å². The fraction of sp³-hybridized carbons (Fsp3) is 0.150. The number of amides is 1. The van der Waals surface area contributed by atoms with Crippen molar-refractivity contribution in [2.45, 2.75) is 20.4 Å². The normalized spacial score (nSPS) is 11.2. The molecule has 9 heteroatoms. The van der Waals surface area contributed by atoms with E-state index in [0.717, 1.165) is 22.3 Å². The van der Waals surface area contributed by atoms with Crippen LogP contribution in [0.1, 0.15) is 27.4 Å². The Balaban J connectivity index is 1.57. The number of halogens is 3. The largest absolute Gasteiger partial charge is 0.346 e. The summed E-state index contributed by atoms with van der Waals surface area (Å²) in [4.78, 5) is 17.2. The highest BCUT2D eigenvalue weighted by Gasteiger charge is 2.21. The van der Waals surface area contributed by atoms with E-state index < -0.39 is 11.6 Å². The van der Waals surface area contributed by atoms with Crippen LogP contribution in [0.3, 0.4) is 0 Å². The number of nitrogens with one attached hydrogen (secondary N) is 1. The maximum absolute atomic E-state index is 14.1. The Morgan fingerprint density at radius 2 is 1.97 bits per heavy atom. The van der Waals surface area contributed by atoms with Crippen LogP contribution in [-0.2, 0) is 6.54 Å². The highest BCUT2D eigenvalue weighted by molar-refractivity contribution is 9.10. The minimum Gasteiger partial charge on any atom is -0.346 e. The van der Waals surface area contributed by atoms with Crippen LogP contribution in [0.5, 0.6) is 0 Å². The van der Waals surface area contributed by atoms with E-state index in [1.54, 1.807) is 13.8 Å².